The summed E-state index contributed by atoms with van der Waals surface area (Å²) < 4.78 is 41.1. The second kappa shape index (κ2) is 9.13. The molecule has 5 rings (SSSR count). The molecule has 0 unspecified atom stereocenters. The van der Waals surface area contributed by atoms with Crippen molar-refractivity contribution in [3.8, 4) is 28.7 Å². The first kappa shape index (κ1) is 21.9. The van der Waals surface area contributed by atoms with Gasteiger partial charge >= 0.3 is 0 Å². The maximum atomic E-state index is 13.6. The standard InChI is InChI=1S/C26H24FNO6/c1-30-23-11-16-9-10-28(26(29)17-3-8-22-25(12-17)34-15-33-22)21(20(16)13-24(23)31-2)14-32-19-6-4-18(27)5-7-19/h3-8,11-13,21H,9-10,14-15H2,1-2H3/t21-/m0/s1. The number of methoxy groups -OCH3 is 2. The number of rotatable bonds is 6. The van der Waals surface area contributed by atoms with E-state index in [0.29, 0.717) is 47.3 Å². The van der Waals surface area contributed by atoms with Gasteiger partial charge < -0.3 is 28.6 Å². The summed E-state index contributed by atoms with van der Waals surface area (Å²) in [7, 11) is 3.17. The van der Waals surface area contributed by atoms with Gasteiger partial charge in [-0.05, 0) is 72.1 Å². The number of nitrogens with zero attached hydrogens (tertiary/aromatic N) is 1. The predicted octanol–water partition coefficient (Wildman–Crippen LogP) is 4.39. The maximum absolute atomic E-state index is 13.6. The molecule has 0 aliphatic carbocycles. The van der Waals surface area contributed by atoms with Crippen molar-refractivity contribution >= 4 is 5.91 Å². The van der Waals surface area contributed by atoms with Crippen molar-refractivity contribution in [1.29, 1.82) is 0 Å². The molecule has 0 saturated heterocycles. The molecule has 0 bridgehead atoms. The third-order valence-electron chi connectivity index (χ3n) is 6.10. The lowest BCUT2D eigenvalue weighted by Gasteiger charge is -2.37. The van der Waals surface area contributed by atoms with E-state index in [0.717, 1.165) is 11.1 Å². The van der Waals surface area contributed by atoms with Crippen molar-refractivity contribution in [3.05, 3.63) is 77.1 Å². The number of halogens is 1. The third kappa shape index (κ3) is 4.07. The zero-order valence-electron chi connectivity index (χ0n) is 18.9. The van der Waals surface area contributed by atoms with E-state index in [2.05, 4.69) is 0 Å². The van der Waals surface area contributed by atoms with Crippen molar-refractivity contribution in [3.63, 3.8) is 0 Å². The molecule has 1 atom stereocenters. The van der Waals surface area contributed by atoms with Crippen molar-refractivity contribution < 1.29 is 32.9 Å². The average molecular weight is 465 g/mol. The number of benzene rings is 3. The van der Waals surface area contributed by atoms with E-state index < -0.39 is 6.04 Å². The van der Waals surface area contributed by atoms with Gasteiger partial charge in [-0.3, -0.25) is 4.79 Å². The lowest BCUT2D eigenvalue weighted by molar-refractivity contribution is 0.0589. The molecule has 2 heterocycles. The fourth-order valence-electron chi connectivity index (χ4n) is 4.35. The van der Waals surface area contributed by atoms with Gasteiger partial charge in [-0.15, -0.1) is 0 Å². The summed E-state index contributed by atoms with van der Waals surface area (Å²) in [6, 6.07) is 14.4. The smallest absolute Gasteiger partial charge is 0.254 e. The number of fused-ring (bicyclic) bond motifs is 2. The van der Waals surface area contributed by atoms with Gasteiger partial charge in [-0.1, -0.05) is 0 Å². The maximum Gasteiger partial charge on any atom is 0.254 e. The minimum Gasteiger partial charge on any atom is -0.493 e. The minimum atomic E-state index is -0.397. The Morgan fingerprint density at radius 1 is 1.00 bits per heavy atom. The van der Waals surface area contributed by atoms with E-state index in [-0.39, 0.29) is 25.1 Å². The molecule has 0 aromatic heterocycles. The van der Waals surface area contributed by atoms with Crippen LogP contribution in [0.1, 0.15) is 27.5 Å². The number of hydrogen-bond donors (Lipinski definition) is 0. The zero-order valence-corrected chi connectivity index (χ0v) is 18.9. The molecule has 3 aromatic carbocycles. The van der Waals surface area contributed by atoms with Crippen LogP contribution in [-0.2, 0) is 6.42 Å². The molecule has 0 spiro atoms. The van der Waals surface area contributed by atoms with Gasteiger partial charge in [0.1, 0.15) is 18.2 Å². The lowest BCUT2D eigenvalue weighted by Crippen LogP contribution is -2.42. The van der Waals surface area contributed by atoms with Crippen molar-refractivity contribution in [1.82, 2.24) is 4.90 Å². The summed E-state index contributed by atoms with van der Waals surface area (Å²) in [4.78, 5) is 15.4. The summed E-state index contributed by atoms with van der Waals surface area (Å²) in [6.07, 6.45) is 0.652. The molecule has 0 saturated carbocycles. The van der Waals surface area contributed by atoms with Crippen LogP contribution in [0.4, 0.5) is 4.39 Å². The van der Waals surface area contributed by atoms with E-state index in [4.69, 9.17) is 23.7 Å². The number of carbonyl (C=O) groups is 1. The topological polar surface area (TPSA) is 66.5 Å². The molecule has 0 radical (unpaired) electrons. The summed E-state index contributed by atoms with van der Waals surface area (Å²) in [5, 5.41) is 0. The predicted molar refractivity (Wildman–Crippen MR) is 121 cm³/mol. The molecule has 3 aromatic rings. The quantitative estimate of drug-likeness (QED) is 0.538. The molecular weight excluding hydrogens is 441 g/mol. The first-order chi connectivity index (χ1) is 16.6. The number of amides is 1. The normalized spacial score (nSPS) is 16.1. The van der Waals surface area contributed by atoms with Crippen LogP contribution in [0.3, 0.4) is 0 Å². The van der Waals surface area contributed by atoms with E-state index >= 15 is 0 Å². The summed E-state index contributed by atoms with van der Waals surface area (Å²) in [5.41, 5.74) is 2.47. The third-order valence-corrected chi connectivity index (χ3v) is 6.10. The Hall–Kier alpha value is -3.94. The lowest BCUT2D eigenvalue weighted by atomic mass is 9.91. The van der Waals surface area contributed by atoms with Crippen LogP contribution < -0.4 is 23.7 Å². The highest BCUT2D eigenvalue weighted by Crippen LogP contribution is 2.40. The highest BCUT2D eigenvalue weighted by atomic mass is 19.1. The molecule has 0 N–H and O–H groups in total. The van der Waals surface area contributed by atoms with Crippen LogP contribution in [0, 0.1) is 5.82 Å². The van der Waals surface area contributed by atoms with E-state index in [1.807, 2.05) is 12.1 Å². The summed E-state index contributed by atoms with van der Waals surface area (Å²) in [5.74, 6) is 2.41. The first-order valence-electron chi connectivity index (χ1n) is 10.9. The largest absolute Gasteiger partial charge is 0.493 e. The van der Waals surface area contributed by atoms with Crippen LogP contribution in [-0.4, -0.2) is 45.0 Å². The summed E-state index contributed by atoms with van der Waals surface area (Å²) in [6.45, 7) is 0.817. The second-order valence-corrected chi connectivity index (χ2v) is 8.00. The molecule has 34 heavy (non-hydrogen) atoms. The molecule has 8 heteroatoms. The van der Waals surface area contributed by atoms with E-state index in [1.165, 1.54) is 12.1 Å². The van der Waals surface area contributed by atoms with Crippen LogP contribution in [0.25, 0.3) is 0 Å². The number of ether oxygens (including phenoxy) is 5. The Morgan fingerprint density at radius 2 is 1.74 bits per heavy atom. The first-order valence-corrected chi connectivity index (χ1v) is 10.9. The van der Waals surface area contributed by atoms with Gasteiger partial charge in [0.25, 0.3) is 5.91 Å². The van der Waals surface area contributed by atoms with Gasteiger partial charge in [0, 0.05) is 12.1 Å². The van der Waals surface area contributed by atoms with Crippen molar-refractivity contribution in [2.75, 3.05) is 34.2 Å². The minimum absolute atomic E-state index is 0.139. The Bertz CT molecular complexity index is 1210. The van der Waals surface area contributed by atoms with Crippen LogP contribution in [0.2, 0.25) is 0 Å². The van der Waals surface area contributed by atoms with E-state index in [9.17, 15) is 9.18 Å². The Morgan fingerprint density at radius 3 is 2.50 bits per heavy atom. The second-order valence-electron chi connectivity index (χ2n) is 8.00. The fraction of sp³-hybridized carbons (Fsp3) is 0.269. The molecule has 7 nitrogen and oxygen atoms in total. The molecule has 0 fully saturated rings. The van der Waals surface area contributed by atoms with Gasteiger partial charge in [-0.2, -0.15) is 0 Å². The number of hydrogen-bond acceptors (Lipinski definition) is 6. The van der Waals surface area contributed by atoms with Gasteiger partial charge in [0.2, 0.25) is 6.79 Å². The van der Waals surface area contributed by atoms with Crippen LogP contribution in [0.15, 0.2) is 54.6 Å². The van der Waals surface area contributed by atoms with Crippen LogP contribution >= 0.6 is 0 Å². The van der Waals surface area contributed by atoms with Gasteiger partial charge in [0.05, 0.1) is 20.3 Å². The Labute approximate surface area is 196 Å². The van der Waals surface area contributed by atoms with E-state index in [1.54, 1.807) is 49.5 Å². The SMILES string of the molecule is COc1cc2c(cc1OC)[C@H](COc1ccc(F)cc1)N(C(=O)c1ccc3c(c1)OCO3)CC2. The van der Waals surface area contributed by atoms with Gasteiger partial charge in [0.15, 0.2) is 23.0 Å². The Kier molecular flexibility index (Phi) is 5.88. The number of carbonyl (C=O) groups excluding carboxylic acids is 1. The van der Waals surface area contributed by atoms with Crippen LogP contribution in [0.5, 0.6) is 28.7 Å². The molecule has 176 valence electrons. The van der Waals surface area contributed by atoms with Crippen molar-refractivity contribution in [2.45, 2.75) is 12.5 Å². The average Bonchev–Trinajstić information content (AvgIpc) is 3.35. The zero-order chi connectivity index (χ0) is 23.7. The molecule has 2 aliphatic rings. The molecule has 2 aliphatic heterocycles. The fourth-order valence-corrected chi connectivity index (χ4v) is 4.35. The molecule has 1 amide bonds. The monoisotopic (exact) mass is 465 g/mol. The van der Waals surface area contributed by atoms with Crippen molar-refractivity contribution in [2.24, 2.45) is 0 Å². The van der Waals surface area contributed by atoms with Gasteiger partial charge in [-0.25, -0.2) is 4.39 Å². The molecular formula is C26H24FNO6. The highest BCUT2D eigenvalue weighted by Gasteiger charge is 2.34. The summed E-state index contributed by atoms with van der Waals surface area (Å²) >= 11 is 0. The highest BCUT2D eigenvalue weighted by molar-refractivity contribution is 5.95. The Balaban J connectivity index is 1.49.